The van der Waals surface area contributed by atoms with Gasteiger partial charge in [-0.2, -0.15) is 0 Å². The minimum Gasteiger partial charge on any atom is -0.338 e. The van der Waals surface area contributed by atoms with E-state index >= 15 is 0 Å². The van der Waals surface area contributed by atoms with Crippen LogP contribution >= 0.6 is 0 Å². The van der Waals surface area contributed by atoms with Gasteiger partial charge in [0.05, 0.1) is 6.04 Å². The molecule has 1 saturated carbocycles. The second-order valence-electron chi connectivity index (χ2n) is 7.68. The lowest BCUT2D eigenvalue weighted by molar-refractivity contribution is -0.143. The molecule has 5 nitrogen and oxygen atoms in total. The topological polar surface area (TPSA) is 66.6 Å². The molecule has 23 heavy (non-hydrogen) atoms. The highest BCUT2D eigenvalue weighted by atomic mass is 16.2. The maximum atomic E-state index is 12.5. The van der Waals surface area contributed by atoms with E-state index in [1.54, 1.807) is 0 Å². The fourth-order valence-corrected chi connectivity index (χ4v) is 3.79. The summed E-state index contributed by atoms with van der Waals surface area (Å²) in [6.07, 6.45) is 6.92. The van der Waals surface area contributed by atoms with Crippen LogP contribution in [0.3, 0.4) is 0 Å². The fraction of sp³-hybridized carbons (Fsp3) is 0.889. The number of piperazine rings is 1. The Balaban J connectivity index is 1.80. The molecule has 0 aromatic carbocycles. The summed E-state index contributed by atoms with van der Waals surface area (Å²) < 4.78 is 0. The third-order valence-electron chi connectivity index (χ3n) is 5.50. The number of rotatable bonds is 5. The van der Waals surface area contributed by atoms with Gasteiger partial charge in [-0.1, -0.05) is 39.5 Å². The molecule has 2 unspecified atom stereocenters. The normalized spacial score (nSPS) is 24.3. The number of nitrogens with two attached hydrogens (primary N) is 1. The predicted molar refractivity (Wildman–Crippen MR) is 91.8 cm³/mol. The summed E-state index contributed by atoms with van der Waals surface area (Å²) in [4.78, 5) is 28.6. The van der Waals surface area contributed by atoms with Crippen molar-refractivity contribution >= 4 is 11.8 Å². The summed E-state index contributed by atoms with van der Waals surface area (Å²) in [7, 11) is 0. The van der Waals surface area contributed by atoms with Crippen LogP contribution in [-0.2, 0) is 9.59 Å². The van der Waals surface area contributed by atoms with Gasteiger partial charge in [-0.3, -0.25) is 9.59 Å². The van der Waals surface area contributed by atoms with Crippen LogP contribution in [0.15, 0.2) is 0 Å². The average Bonchev–Trinajstić information content (AvgIpc) is 3.04. The Labute approximate surface area is 140 Å². The summed E-state index contributed by atoms with van der Waals surface area (Å²) in [5.41, 5.74) is 5.98. The zero-order valence-corrected chi connectivity index (χ0v) is 15.0. The average molecular weight is 323 g/mol. The highest BCUT2D eigenvalue weighted by Crippen LogP contribution is 2.29. The lowest BCUT2D eigenvalue weighted by Gasteiger charge is -2.41. The molecule has 2 amide bonds. The first kappa shape index (κ1) is 18.2. The van der Waals surface area contributed by atoms with E-state index in [-0.39, 0.29) is 23.8 Å². The number of carbonyl (C=O) groups excluding carboxylic acids is 2. The third kappa shape index (κ3) is 4.69. The number of hydrogen-bond donors (Lipinski definition) is 1. The molecule has 0 aromatic heterocycles. The molecule has 2 fully saturated rings. The molecular weight excluding hydrogens is 290 g/mol. The van der Waals surface area contributed by atoms with Gasteiger partial charge in [0.15, 0.2) is 0 Å². The molecule has 1 saturated heterocycles. The van der Waals surface area contributed by atoms with Crippen LogP contribution in [0.2, 0.25) is 0 Å². The van der Waals surface area contributed by atoms with E-state index in [2.05, 4.69) is 0 Å². The molecule has 2 aliphatic rings. The molecule has 1 aliphatic heterocycles. The van der Waals surface area contributed by atoms with Crippen molar-refractivity contribution in [1.82, 2.24) is 9.80 Å². The first-order valence-corrected chi connectivity index (χ1v) is 9.24. The Morgan fingerprint density at radius 2 is 1.83 bits per heavy atom. The van der Waals surface area contributed by atoms with Crippen LogP contribution < -0.4 is 5.73 Å². The summed E-state index contributed by atoms with van der Waals surface area (Å²) in [5, 5.41) is 0. The molecule has 2 N–H and O–H groups in total. The zero-order chi connectivity index (χ0) is 17.0. The molecule has 5 heteroatoms. The van der Waals surface area contributed by atoms with Crippen molar-refractivity contribution in [3.05, 3.63) is 0 Å². The standard InChI is InChI=1S/C18H33N3O2/c1-13(2)17(19)18(23)20-10-11-21(14(3)12-20)16(22)9-8-15-6-4-5-7-15/h13-15,17H,4-12,19H2,1-3H3. The van der Waals surface area contributed by atoms with E-state index in [0.29, 0.717) is 26.1 Å². The van der Waals surface area contributed by atoms with Crippen LogP contribution in [0.4, 0.5) is 0 Å². The second-order valence-corrected chi connectivity index (χ2v) is 7.68. The first-order valence-electron chi connectivity index (χ1n) is 9.24. The smallest absolute Gasteiger partial charge is 0.239 e. The maximum Gasteiger partial charge on any atom is 0.239 e. The van der Waals surface area contributed by atoms with Gasteiger partial charge in [0.2, 0.25) is 11.8 Å². The number of amides is 2. The van der Waals surface area contributed by atoms with Crippen molar-refractivity contribution < 1.29 is 9.59 Å². The Bertz CT molecular complexity index is 418. The highest BCUT2D eigenvalue weighted by Gasteiger charge is 2.32. The first-order chi connectivity index (χ1) is 10.9. The molecule has 2 rings (SSSR count). The predicted octanol–water partition coefficient (Wildman–Crippen LogP) is 2.00. The third-order valence-corrected chi connectivity index (χ3v) is 5.50. The Hall–Kier alpha value is -1.10. The van der Waals surface area contributed by atoms with Gasteiger partial charge >= 0.3 is 0 Å². The Kier molecular flexibility index (Phi) is 6.45. The zero-order valence-electron chi connectivity index (χ0n) is 15.0. The fourth-order valence-electron chi connectivity index (χ4n) is 3.79. The molecule has 132 valence electrons. The van der Waals surface area contributed by atoms with Gasteiger partial charge in [-0.25, -0.2) is 0 Å². The molecule has 0 spiro atoms. The van der Waals surface area contributed by atoms with E-state index in [0.717, 1.165) is 12.3 Å². The summed E-state index contributed by atoms with van der Waals surface area (Å²) in [6, 6.07) is -0.352. The number of hydrogen-bond acceptors (Lipinski definition) is 3. The quantitative estimate of drug-likeness (QED) is 0.841. The van der Waals surface area contributed by atoms with Crippen LogP contribution in [0, 0.1) is 11.8 Å². The highest BCUT2D eigenvalue weighted by molar-refractivity contribution is 5.82. The van der Waals surface area contributed by atoms with Crippen LogP contribution in [0.5, 0.6) is 0 Å². The van der Waals surface area contributed by atoms with E-state index < -0.39 is 6.04 Å². The lowest BCUT2D eigenvalue weighted by atomic mass is 10.0. The van der Waals surface area contributed by atoms with E-state index in [1.165, 1.54) is 25.7 Å². The van der Waals surface area contributed by atoms with Gasteiger partial charge in [-0.15, -0.1) is 0 Å². The largest absolute Gasteiger partial charge is 0.338 e. The molecule has 1 aliphatic carbocycles. The number of carbonyl (C=O) groups is 2. The van der Waals surface area contributed by atoms with Crippen LogP contribution in [0.25, 0.3) is 0 Å². The van der Waals surface area contributed by atoms with Crippen molar-refractivity contribution in [3.8, 4) is 0 Å². The van der Waals surface area contributed by atoms with E-state index in [9.17, 15) is 9.59 Å². The maximum absolute atomic E-state index is 12.5. The van der Waals surface area contributed by atoms with Crippen molar-refractivity contribution in [1.29, 1.82) is 0 Å². The monoisotopic (exact) mass is 323 g/mol. The van der Waals surface area contributed by atoms with Crippen LogP contribution in [-0.4, -0.2) is 53.3 Å². The second kappa shape index (κ2) is 8.13. The lowest BCUT2D eigenvalue weighted by Crippen LogP contribution is -2.58. The molecular formula is C18H33N3O2. The summed E-state index contributed by atoms with van der Waals surface area (Å²) in [5.74, 6) is 1.17. The van der Waals surface area contributed by atoms with Gasteiger partial charge in [0.1, 0.15) is 0 Å². The minimum atomic E-state index is -0.438. The summed E-state index contributed by atoms with van der Waals surface area (Å²) in [6.45, 7) is 7.83. The Morgan fingerprint density at radius 3 is 2.39 bits per heavy atom. The molecule has 1 heterocycles. The van der Waals surface area contributed by atoms with Crippen molar-refractivity contribution in [2.75, 3.05) is 19.6 Å². The minimum absolute atomic E-state index is 0.0184. The van der Waals surface area contributed by atoms with E-state index in [1.807, 2.05) is 30.6 Å². The van der Waals surface area contributed by atoms with Crippen molar-refractivity contribution in [3.63, 3.8) is 0 Å². The van der Waals surface area contributed by atoms with Gasteiger partial charge in [0, 0.05) is 32.1 Å². The molecule has 0 bridgehead atoms. The van der Waals surface area contributed by atoms with Gasteiger partial charge in [0.25, 0.3) is 0 Å². The van der Waals surface area contributed by atoms with Gasteiger partial charge in [-0.05, 0) is 25.2 Å². The van der Waals surface area contributed by atoms with Crippen LogP contribution in [0.1, 0.15) is 59.3 Å². The molecule has 2 atom stereocenters. The summed E-state index contributed by atoms with van der Waals surface area (Å²) >= 11 is 0. The van der Waals surface area contributed by atoms with Gasteiger partial charge < -0.3 is 15.5 Å². The number of nitrogens with zero attached hydrogens (tertiary/aromatic N) is 2. The van der Waals surface area contributed by atoms with E-state index in [4.69, 9.17) is 5.73 Å². The van der Waals surface area contributed by atoms with Crippen molar-refractivity contribution in [2.24, 2.45) is 17.6 Å². The van der Waals surface area contributed by atoms with Crippen molar-refractivity contribution in [2.45, 2.75) is 71.4 Å². The Morgan fingerprint density at radius 1 is 1.17 bits per heavy atom. The molecule has 0 radical (unpaired) electrons. The molecule has 0 aromatic rings. The SMILES string of the molecule is CC(C)C(N)C(=O)N1CCN(C(=O)CCC2CCCC2)C(C)C1.